The van der Waals surface area contributed by atoms with Crippen LogP contribution in [0.1, 0.15) is 33.1 Å². The van der Waals surface area contributed by atoms with Gasteiger partial charge in [0.2, 0.25) is 0 Å². The van der Waals surface area contributed by atoms with Crippen molar-refractivity contribution in [3.8, 4) is 5.75 Å². The van der Waals surface area contributed by atoms with Crippen molar-refractivity contribution in [2.75, 3.05) is 39.1 Å². The molecule has 5 nitrogen and oxygen atoms in total. The Hall–Kier alpha value is -1.75. The molecule has 0 radical (unpaired) electrons. The maximum absolute atomic E-state index is 12.4. The van der Waals surface area contributed by atoms with Crippen LogP contribution in [0.15, 0.2) is 24.3 Å². The van der Waals surface area contributed by atoms with Crippen molar-refractivity contribution in [2.45, 2.75) is 39.2 Å². The van der Waals surface area contributed by atoms with Crippen LogP contribution in [-0.2, 0) is 0 Å². The molecule has 1 saturated heterocycles. The summed E-state index contributed by atoms with van der Waals surface area (Å²) in [5.41, 5.74) is 0.774. The molecule has 1 N–H and O–H groups in total. The number of carbonyl (C=O) groups excluding carboxylic acids is 1. The van der Waals surface area contributed by atoms with Crippen LogP contribution in [-0.4, -0.2) is 55.7 Å². The Kier molecular flexibility index (Phi) is 6.91. The van der Waals surface area contributed by atoms with Crippen LogP contribution in [0.3, 0.4) is 0 Å². The van der Waals surface area contributed by atoms with Crippen LogP contribution < -0.4 is 10.1 Å². The van der Waals surface area contributed by atoms with Gasteiger partial charge in [0, 0.05) is 30.9 Å². The number of methoxy groups -OCH3 is 1. The number of benzene rings is 1. The number of nitrogens with zero attached hydrogens (tertiary/aromatic N) is 2. The molecular weight excluding hydrogens is 302 g/mol. The highest BCUT2D eigenvalue weighted by atomic mass is 16.5. The number of anilines is 1. The lowest BCUT2D eigenvalue weighted by Gasteiger charge is -2.37. The molecule has 5 heteroatoms. The monoisotopic (exact) mass is 333 g/mol. The van der Waals surface area contributed by atoms with E-state index in [0.717, 1.165) is 49.8 Å². The molecule has 0 atom stereocenters. The lowest BCUT2D eigenvalue weighted by atomic mass is 10.0. The van der Waals surface area contributed by atoms with E-state index in [1.807, 2.05) is 29.2 Å². The summed E-state index contributed by atoms with van der Waals surface area (Å²) in [6, 6.07) is 8.03. The van der Waals surface area contributed by atoms with E-state index < -0.39 is 0 Å². The molecule has 134 valence electrons. The zero-order chi connectivity index (χ0) is 17.5. The van der Waals surface area contributed by atoms with Gasteiger partial charge in [-0.05, 0) is 50.9 Å². The molecule has 0 bridgehead atoms. The highest BCUT2D eigenvalue weighted by Gasteiger charge is 2.25. The van der Waals surface area contributed by atoms with Crippen LogP contribution in [0.25, 0.3) is 0 Å². The Morgan fingerprint density at radius 1 is 1.38 bits per heavy atom. The van der Waals surface area contributed by atoms with Gasteiger partial charge in [0.1, 0.15) is 5.75 Å². The maximum Gasteiger partial charge on any atom is 0.321 e. The Labute approximate surface area is 146 Å². The average Bonchev–Trinajstić information content (AvgIpc) is 2.59. The van der Waals surface area contributed by atoms with Gasteiger partial charge in [0.25, 0.3) is 0 Å². The smallest absolute Gasteiger partial charge is 0.321 e. The van der Waals surface area contributed by atoms with Crippen molar-refractivity contribution in [3.05, 3.63) is 24.3 Å². The minimum Gasteiger partial charge on any atom is -0.497 e. The van der Waals surface area contributed by atoms with Gasteiger partial charge in [-0.1, -0.05) is 19.9 Å². The van der Waals surface area contributed by atoms with E-state index >= 15 is 0 Å². The van der Waals surface area contributed by atoms with Crippen molar-refractivity contribution >= 4 is 11.7 Å². The van der Waals surface area contributed by atoms with Crippen LogP contribution >= 0.6 is 0 Å². The van der Waals surface area contributed by atoms with E-state index in [1.165, 1.54) is 6.42 Å². The molecule has 24 heavy (non-hydrogen) atoms. The summed E-state index contributed by atoms with van der Waals surface area (Å²) in [7, 11) is 3.83. The quantitative estimate of drug-likeness (QED) is 0.864. The summed E-state index contributed by atoms with van der Waals surface area (Å²) in [4.78, 5) is 16.8. The van der Waals surface area contributed by atoms with Crippen LogP contribution in [0.4, 0.5) is 10.5 Å². The second-order valence-electron chi connectivity index (χ2n) is 7.04. The first-order valence-corrected chi connectivity index (χ1v) is 8.90. The van der Waals surface area contributed by atoms with Gasteiger partial charge in [-0.2, -0.15) is 0 Å². The summed E-state index contributed by atoms with van der Waals surface area (Å²) < 4.78 is 5.19. The lowest BCUT2D eigenvalue weighted by Crippen LogP contribution is -2.47. The zero-order valence-electron chi connectivity index (χ0n) is 15.4. The van der Waals surface area contributed by atoms with Crippen LogP contribution in [0.5, 0.6) is 5.75 Å². The van der Waals surface area contributed by atoms with E-state index in [2.05, 4.69) is 31.1 Å². The van der Waals surface area contributed by atoms with E-state index in [9.17, 15) is 4.79 Å². The van der Waals surface area contributed by atoms with Gasteiger partial charge in [0.15, 0.2) is 0 Å². The molecule has 1 aliphatic heterocycles. The molecule has 1 aromatic carbocycles. The van der Waals surface area contributed by atoms with Crippen LogP contribution in [0, 0.1) is 5.92 Å². The molecule has 0 aliphatic carbocycles. The third-order valence-corrected chi connectivity index (χ3v) is 4.76. The van der Waals surface area contributed by atoms with E-state index in [4.69, 9.17) is 4.74 Å². The zero-order valence-corrected chi connectivity index (χ0v) is 15.4. The predicted octanol–water partition coefficient (Wildman–Crippen LogP) is 3.67. The van der Waals surface area contributed by atoms with Crippen molar-refractivity contribution in [2.24, 2.45) is 5.92 Å². The van der Waals surface area contributed by atoms with Gasteiger partial charge in [-0.25, -0.2) is 4.79 Å². The molecular formula is C19H31N3O2. The summed E-state index contributed by atoms with van der Waals surface area (Å²) in [6.45, 7) is 7.29. The molecule has 2 rings (SSSR count). The number of rotatable bonds is 6. The Morgan fingerprint density at radius 2 is 2.08 bits per heavy atom. The second kappa shape index (κ2) is 8.92. The minimum atomic E-state index is -0.0217. The molecule has 1 heterocycles. The largest absolute Gasteiger partial charge is 0.497 e. The third kappa shape index (κ3) is 5.41. The fraction of sp³-hybridized carbons (Fsp3) is 0.632. The molecule has 0 unspecified atom stereocenters. The number of hydrogen-bond acceptors (Lipinski definition) is 3. The SMILES string of the molecule is COc1cccc(NC(=O)N2CCC(N(C)CCC(C)C)CC2)c1. The van der Waals surface area contributed by atoms with Gasteiger partial charge in [0.05, 0.1) is 7.11 Å². The number of carbonyl (C=O) groups is 1. The topological polar surface area (TPSA) is 44.8 Å². The standard InChI is InChI=1S/C19H31N3O2/c1-15(2)8-11-21(3)17-9-12-22(13-10-17)19(23)20-16-6-5-7-18(14-16)24-4/h5-7,14-15,17H,8-13H2,1-4H3,(H,20,23). The Morgan fingerprint density at radius 3 is 2.71 bits per heavy atom. The van der Waals surface area contributed by atoms with Gasteiger partial charge >= 0.3 is 6.03 Å². The lowest BCUT2D eigenvalue weighted by molar-refractivity contribution is 0.137. The third-order valence-electron chi connectivity index (χ3n) is 4.76. The molecule has 0 aromatic heterocycles. The first kappa shape index (κ1) is 18.6. The number of nitrogens with one attached hydrogen (secondary N) is 1. The molecule has 1 aromatic rings. The Balaban J connectivity index is 1.79. The van der Waals surface area contributed by atoms with Gasteiger partial charge < -0.3 is 19.9 Å². The number of likely N-dealkylation sites (tertiary alicyclic amines) is 1. The summed E-state index contributed by atoms with van der Waals surface area (Å²) in [5, 5.41) is 2.96. The van der Waals surface area contributed by atoms with Crippen molar-refractivity contribution < 1.29 is 9.53 Å². The number of ether oxygens (including phenoxy) is 1. The highest BCUT2D eigenvalue weighted by molar-refractivity contribution is 5.89. The molecule has 0 spiro atoms. The summed E-state index contributed by atoms with van der Waals surface area (Å²) in [6.07, 6.45) is 3.31. The number of urea groups is 1. The summed E-state index contributed by atoms with van der Waals surface area (Å²) in [5.74, 6) is 1.49. The average molecular weight is 333 g/mol. The highest BCUT2D eigenvalue weighted by Crippen LogP contribution is 2.20. The molecule has 1 fully saturated rings. The van der Waals surface area contributed by atoms with E-state index in [0.29, 0.717) is 6.04 Å². The first-order chi connectivity index (χ1) is 11.5. The van der Waals surface area contributed by atoms with Crippen molar-refractivity contribution in [3.63, 3.8) is 0 Å². The van der Waals surface area contributed by atoms with Crippen molar-refractivity contribution in [1.29, 1.82) is 0 Å². The van der Waals surface area contributed by atoms with Gasteiger partial charge in [-0.3, -0.25) is 0 Å². The number of piperidine rings is 1. The normalized spacial score (nSPS) is 15.8. The second-order valence-corrected chi connectivity index (χ2v) is 7.04. The van der Waals surface area contributed by atoms with Crippen LogP contribution in [0.2, 0.25) is 0 Å². The fourth-order valence-corrected chi connectivity index (χ4v) is 3.06. The molecule has 0 saturated carbocycles. The van der Waals surface area contributed by atoms with Gasteiger partial charge in [-0.15, -0.1) is 0 Å². The molecule has 1 aliphatic rings. The minimum absolute atomic E-state index is 0.0217. The number of amides is 2. The molecule has 2 amide bonds. The number of hydrogen-bond donors (Lipinski definition) is 1. The van der Waals surface area contributed by atoms with Crippen molar-refractivity contribution in [1.82, 2.24) is 9.80 Å². The fourth-order valence-electron chi connectivity index (χ4n) is 3.06. The van der Waals surface area contributed by atoms with E-state index in [1.54, 1.807) is 7.11 Å². The predicted molar refractivity (Wildman–Crippen MR) is 98.7 cm³/mol. The Bertz CT molecular complexity index is 525. The summed E-state index contributed by atoms with van der Waals surface area (Å²) >= 11 is 0. The maximum atomic E-state index is 12.4. The first-order valence-electron chi connectivity index (χ1n) is 8.90. The van der Waals surface area contributed by atoms with E-state index in [-0.39, 0.29) is 6.03 Å².